The van der Waals surface area contributed by atoms with E-state index in [1.165, 1.54) is 22.4 Å². The summed E-state index contributed by atoms with van der Waals surface area (Å²) in [5.41, 5.74) is 7.94. The number of esters is 1. The lowest BCUT2D eigenvalue weighted by Gasteiger charge is -2.45. The summed E-state index contributed by atoms with van der Waals surface area (Å²) >= 11 is 0. The molecule has 8 heterocycles. The van der Waals surface area contributed by atoms with Crippen LogP contribution in [0, 0.1) is 16.7 Å². The lowest BCUT2D eigenvalue weighted by molar-refractivity contribution is -0.155. The predicted octanol–water partition coefficient (Wildman–Crippen LogP) is 10.3. The molecule has 15 nitrogen and oxygen atoms in total. The Hall–Kier alpha value is -5.72. The van der Waals surface area contributed by atoms with Crippen LogP contribution < -0.4 is 15.6 Å². The monoisotopic (exact) mass is 1130 g/mol. The molecule has 1 spiro atoms. The summed E-state index contributed by atoms with van der Waals surface area (Å²) in [6, 6.07) is 13.7. The molecule has 18 heteroatoms. The maximum atomic E-state index is 15.3. The minimum Gasteiger partial charge on any atom is -0.464 e. The summed E-state index contributed by atoms with van der Waals surface area (Å²) in [7, 11) is 0. The number of hydrogen-bond acceptors (Lipinski definition) is 11. The van der Waals surface area contributed by atoms with Gasteiger partial charge in [0.1, 0.15) is 24.2 Å². The van der Waals surface area contributed by atoms with E-state index < -0.39 is 47.8 Å². The SMILES string of the molecule is CC(C)c1ncc(N2CCN3CCCC[C@@H]3C2)cc1-c1c2c3cc(ccc3n1CC(F)(F)F)-c1cccc(c1)C[C@H](NC(=O)[C@H](C1CCCC1)N1CC[C@]3(CCN(C(=O)OC(C)(C)C)C3)C1)C(=O)N1CCC[C@H](N1)C(=O)OCC(C)(C)C2. The van der Waals surface area contributed by atoms with Crippen LogP contribution in [0.5, 0.6) is 0 Å². The average molecular weight is 1130 g/mol. The lowest BCUT2D eigenvalue weighted by atomic mass is 9.83. The zero-order valence-electron chi connectivity index (χ0n) is 49.3. The summed E-state index contributed by atoms with van der Waals surface area (Å²) in [6.45, 7) is 18.8. The number of halogens is 3. The van der Waals surface area contributed by atoms with Gasteiger partial charge < -0.3 is 29.2 Å². The van der Waals surface area contributed by atoms with Gasteiger partial charge in [-0.15, -0.1) is 0 Å². The molecule has 444 valence electrons. The zero-order chi connectivity index (χ0) is 57.9. The van der Waals surface area contributed by atoms with Gasteiger partial charge >= 0.3 is 18.2 Å². The number of nitrogens with zero attached hydrogens (tertiary/aromatic N) is 7. The Morgan fingerprint density at radius 1 is 0.878 bits per heavy atom. The van der Waals surface area contributed by atoms with E-state index in [1.807, 2.05) is 91.1 Å². The van der Waals surface area contributed by atoms with Crippen molar-refractivity contribution in [2.45, 2.75) is 180 Å². The van der Waals surface area contributed by atoms with E-state index in [9.17, 15) is 9.59 Å². The molecule has 1 saturated carbocycles. The fraction of sp³-hybridized carbons (Fsp3) is 0.641. The highest BCUT2D eigenvalue weighted by Crippen LogP contribution is 2.46. The average Bonchev–Trinajstić information content (AvgIpc) is 4.45. The third-order valence-electron chi connectivity index (χ3n) is 18.8. The highest BCUT2D eigenvalue weighted by atomic mass is 19.4. The molecule has 0 unspecified atom stereocenters. The Bertz CT molecular complexity index is 3040. The topological polar surface area (TPSA) is 145 Å². The highest BCUT2D eigenvalue weighted by molar-refractivity contribution is 5.96. The first-order valence-electron chi connectivity index (χ1n) is 30.6. The van der Waals surface area contributed by atoms with Crippen molar-refractivity contribution in [2.24, 2.45) is 16.7 Å². The van der Waals surface area contributed by atoms with Crippen LogP contribution in [0.15, 0.2) is 54.7 Å². The third kappa shape index (κ3) is 12.5. The Morgan fingerprint density at radius 3 is 2.41 bits per heavy atom. The molecule has 2 aromatic carbocycles. The lowest BCUT2D eigenvalue weighted by Crippen LogP contribution is -2.62. The fourth-order valence-corrected chi connectivity index (χ4v) is 14.8. The number of pyridine rings is 1. The molecule has 5 saturated heterocycles. The number of likely N-dealkylation sites (tertiary alicyclic amines) is 2. The molecule has 6 bridgehead atoms. The Kier molecular flexibility index (Phi) is 16.3. The van der Waals surface area contributed by atoms with Gasteiger partial charge in [-0.1, -0.05) is 77.3 Å². The second-order valence-electron chi connectivity index (χ2n) is 27.3. The van der Waals surface area contributed by atoms with E-state index in [0.717, 1.165) is 99.1 Å². The fourth-order valence-electron chi connectivity index (χ4n) is 14.8. The van der Waals surface area contributed by atoms with E-state index in [2.05, 4.69) is 31.5 Å². The number of anilines is 1. The van der Waals surface area contributed by atoms with Crippen molar-refractivity contribution in [2.75, 3.05) is 70.4 Å². The number of piperazine rings is 1. The van der Waals surface area contributed by atoms with E-state index in [0.29, 0.717) is 79.5 Å². The number of piperidine rings is 1. The van der Waals surface area contributed by atoms with E-state index in [1.54, 1.807) is 11.0 Å². The number of cyclic esters (lactones) is 1. The zero-order valence-corrected chi connectivity index (χ0v) is 49.3. The third-order valence-corrected chi connectivity index (χ3v) is 18.8. The smallest absolute Gasteiger partial charge is 0.410 e. The number of carbonyl (C=O) groups excluding carboxylic acids is 4. The molecule has 4 aromatic rings. The number of hydrogen-bond donors (Lipinski definition) is 2. The number of fused-ring (bicyclic) bond motifs is 7. The quantitative estimate of drug-likeness (QED) is 0.163. The van der Waals surface area contributed by atoms with Gasteiger partial charge in [0.2, 0.25) is 5.91 Å². The first kappa shape index (κ1) is 58.1. The van der Waals surface area contributed by atoms with Crippen LogP contribution in [0.1, 0.15) is 142 Å². The molecule has 5 atom stereocenters. The second-order valence-corrected chi connectivity index (χ2v) is 27.3. The van der Waals surface area contributed by atoms with Crippen LogP contribution in [0.25, 0.3) is 33.3 Å². The van der Waals surface area contributed by atoms with Gasteiger partial charge in [-0.2, -0.15) is 13.2 Å². The first-order chi connectivity index (χ1) is 39.0. The van der Waals surface area contributed by atoms with Crippen LogP contribution in [0.2, 0.25) is 0 Å². The van der Waals surface area contributed by atoms with Crippen LogP contribution >= 0.6 is 0 Å². The van der Waals surface area contributed by atoms with Crippen LogP contribution in [-0.2, 0) is 43.2 Å². The Morgan fingerprint density at radius 2 is 1.65 bits per heavy atom. The highest BCUT2D eigenvalue weighted by Gasteiger charge is 2.50. The van der Waals surface area contributed by atoms with Gasteiger partial charge in [0.15, 0.2) is 0 Å². The van der Waals surface area contributed by atoms with Crippen molar-refractivity contribution >= 4 is 40.5 Å². The van der Waals surface area contributed by atoms with E-state index in [4.69, 9.17) is 14.5 Å². The summed E-state index contributed by atoms with van der Waals surface area (Å²) in [4.78, 5) is 72.0. The largest absolute Gasteiger partial charge is 0.464 e. The molecule has 2 aromatic heterocycles. The molecule has 1 aliphatic carbocycles. The summed E-state index contributed by atoms with van der Waals surface area (Å²) in [5, 5.41) is 5.45. The normalized spacial score (nSPS) is 25.6. The van der Waals surface area contributed by atoms with Gasteiger partial charge in [0.25, 0.3) is 5.91 Å². The molecule has 6 fully saturated rings. The van der Waals surface area contributed by atoms with E-state index in [-0.39, 0.29) is 54.6 Å². The van der Waals surface area contributed by atoms with Crippen molar-refractivity contribution in [3.8, 4) is 22.4 Å². The summed E-state index contributed by atoms with van der Waals surface area (Å²) in [5.74, 6) is -1.11. The molecule has 6 aliphatic heterocycles. The minimum atomic E-state index is -4.57. The number of amides is 3. The molecule has 3 amide bonds. The van der Waals surface area contributed by atoms with Crippen LogP contribution in [-0.4, -0.2) is 155 Å². The second kappa shape index (κ2) is 23.0. The number of nitrogens with one attached hydrogen (secondary N) is 2. The summed E-state index contributed by atoms with van der Waals surface area (Å²) < 4.78 is 59.1. The maximum absolute atomic E-state index is 15.3. The standard InChI is InChI=1S/C64H86F3N9O6/c1-41(2)54-49(33-47(35-68-54)72-29-28-71-24-11-10-18-46(71)36-72)56-50-34-62(6,7)40-81-59(79)51-19-13-25-76(70-51)58(78)52(31-42-14-12-17-44(30-42)45-20-21-53(48(50)32-45)75(56)39-64(65,66)67)69-57(77)55(43-15-8-9-16-43)73-26-22-63(37-73)23-27-74(38-63)60(80)82-61(3,4)5/h12,14,17,20-21,30,32-33,35,41,43,46,51-52,55,70H,8-11,13,15-16,18-19,22-29,31,34,36-40H2,1-7H3,(H,69,77)/t46-,51+,52+,55+,63+/m1/s1. The first-order valence-corrected chi connectivity index (χ1v) is 30.6. The van der Waals surface area contributed by atoms with Crippen molar-refractivity contribution < 1.29 is 41.8 Å². The van der Waals surface area contributed by atoms with Crippen molar-refractivity contribution in [3.63, 3.8) is 0 Å². The molecular weight excluding hydrogens is 1050 g/mol. The minimum absolute atomic E-state index is 0.0376. The molecule has 2 N–H and O–H groups in total. The molecule has 0 radical (unpaired) electrons. The van der Waals surface area contributed by atoms with E-state index >= 15 is 22.8 Å². The van der Waals surface area contributed by atoms with Crippen LogP contribution in [0.3, 0.4) is 0 Å². The number of alkyl halides is 3. The number of ether oxygens (including phenoxy) is 2. The van der Waals surface area contributed by atoms with Gasteiger partial charge in [0, 0.05) is 85.6 Å². The number of benzene rings is 2. The van der Waals surface area contributed by atoms with Gasteiger partial charge in [-0.25, -0.2) is 10.2 Å². The number of carbonyl (C=O) groups is 4. The van der Waals surface area contributed by atoms with Gasteiger partial charge in [0.05, 0.1) is 35.9 Å². The van der Waals surface area contributed by atoms with Crippen molar-refractivity contribution in [1.29, 1.82) is 0 Å². The molecular formula is C64H86F3N9O6. The molecule has 82 heavy (non-hydrogen) atoms. The molecule has 11 rings (SSSR count). The number of hydrazine groups is 1. The van der Waals surface area contributed by atoms with Gasteiger partial charge in [-0.05, 0) is 144 Å². The number of aromatic nitrogens is 2. The molecule has 7 aliphatic rings. The van der Waals surface area contributed by atoms with Gasteiger partial charge in [-0.3, -0.25) is 34.2 Å². The summed E-state index contributed by atoms with van der Waals surface area (Å²) in [6.07, 6.45) is 7.35. The van der Waals surface area contributed by atoms with Crippen molar-refractivity contribution in [1.82, 2.24) is 40.0 Å². The maximum Gasteiger partial charge on any atom is 0.410 e. The van der Waals surface area contributed by atoms with Crippen LogP contribution in [0.4, 0.5) is 23.7 Å². The Balaban J connectivity index is 0.968. The number of rotatable bonds is 8. The van der Waals surface area contributed by atoms with Crippen molar-refractivity contribution in [3.05, 3.63) is 71.5 Å². The Labute approximate surface area is 481 Å². The predicted molar refractivity (Wildman–Crippen MR) is 311 cm³/mol.